The van der Waals surface area contributed by atoms with Crippen LogP contribution in [0.3, 0.4) is 0 Å². The predicted molar refractivity (Wildman–Crippen MR) is 106 cm³/mol. The zero-order valence-corrected chi connectivity index (χ0v) is 17.1. The highest BCUT2D eigenvalue weighted by molar-refractivity contribution is 7.91. The molecule has 0 unspecified atom stereocenters. The molecule has 2 aromatic rings. The van der Waals surface area contributed by atoms with Crippen LogP contribution in [0.2, 0.25) is 0 Å². The van der Waals surface area contributed by atoms with Gasteiger partial charge in [-0.1, -0.05) is 18.2 Å². The number of benzene rings is 1. The van der Waals surface area contributed by atoms with Gasteiger partial charge >= 0.3 is 0 Å². The lowest BCUT2D eigenvalue weighted by atomic mass is 10.1. The van der Waals surface area contributed by atoms with Crippen molar-refractivity contribution in [3.63, 3.8) is 0 Å². The summed E-state index contributed by atoms with van der Waals surface area (Å²) >= 11 is 1.11. The number of nitrogens with zero attached hydrogens (tertiary/aromatic N) is 1. The number of sulfonamides is 1. The number of thiophene rings is 1. The zero-order valence-electron chi connectivity index (χ0n) is 15.5. The minimum absolute atomic E-state index is 0.0258. The van der Waals surface area contributed by atoms with Crippen molar-refractivity contribution in [2.24, 2.45) is 0 Å². The number of anilines is 1. The van der Waals surface area contributed by atoms with Crippen LogP contribution in [0, 0.1) is 13.8 Å². The van der Waals surface area contributed by atoms with E-state index in [0.29, 0.717) is 5.69 Å². The molecular formula is C18H23N3O4S2. The minimum Gasteiger partial charge on any atom is -0.336 e. The van der Waals surface area contributed by atoms with Crippen molar-refractivity contribution in [3.05, 3.63) is 46.8 Å². The summed E-state index contributed by atoms with van der Waals surface area (Å²) in [7, 11) is -2.08. The SMILES string of the molecule is Cc1cccc(NC(=O)CN(C)C(=O)CCNS(=O)(=O)c2cccs2)c1C. The fourth-order valence-corrected chi connectivity index (χ4v) is 4.42. The number of likely N-dealkylation sites (N-methyl/N-ethyl adjacent to an activating group) is 1. The number of hydrogen-bond donors (Lipinski definition) is 2. The van der Waals surface area contributed by atoms with Crippen LogP contribution in [0.5, 0.6) is 0 Å². The molecule has 0 spiro atoms. The van der Waals surface area contributed by atoms with Crippen molar-refractivity contribution in [1.82, 2.24) is 9.62 Å². The van der Waals surface area contributed by atoms with Crippen molar-refractivity contribution in [2.45, 2.75) is 24.5 Å². The summed E-state index contributed by atoms with van der Waals surface area (Å²) in [6.07, 6.45) is -0.0299. The van der Waals surface area contributed by atoms with Crippen LogP contribution < -0.4 is 10.0 Å². The summed E-state index contributed by atoms with van der Waals surface area (Å²) in [5, 5.41) is 4.46. The first-order chi connectivity index (χ1) is 12.7. The fraction of sp³-hybridized carbons (Fsp3) is 0.333. The van der Waals surface area contributed by atoms with Gasteiger partial charge in [-0.05, 0) is 42.5 Å². The van der Waals surface area contributed by atoms with Crippen LogP contribution in [0.4, 0.5) is 5.69 Å². The molecule has 1 aromatic carbocycles. The molecule has 0 saturated carbocycles. The lowest BCUT2D eigenvalue weighted by molar-refractivity contribution is -0.133. The zero-order chi connectivity index (χ0) is 20.0. The Morgan fingerprint density at radius 2 is 1.89 bits per heavy atom. The van der Waals surface area contributed by atoms with Crippen LogP contribution in [-0.4, -0.2) is 45.3 Å². The summed E-state index contributed by atoms with van der Waals surface area (Å²) < 4.78 is 26.6. The van der Waals surface area contributed by atoms with Gasteiger partial charge in [0.15, 0.2) is 0 Å². The molecule has 2 rings (SSSR count). The normalized spacial score (nSPS) is 11.2. The van der Waals surface area contributed by atoms with Gasteiger partial charge in [0.1, 0.15) is 4.21 Å². The third kappa shape index (κ3) is 5.88. The van der Waals surface area contributed by atoms with E-state index < -0.39 is 10.0 Å². The Bertz CT molecular complexity index is 909. The molecule has 27 heavy (non-hydrogen) atoms. The lowest BCUT2D eigenvalue weighted by Crippen LogP contribution is -2.37. The number of aryl methyl sites for hydroxylation is 1. The molecule has 2 amide bonds. The maximum Gasteiger partial charge on any atom is 0.250 e. The monoisotopic (exact) mass is 409 g/mol. The Morgan fingerprint density at radius 3 is 2.56 bits per heavy atom. The smallest absolute Gasteiger partial charge is 0.250 e. The standard InChI is InChI=1S/C18H23N3O4S2/c1-13-6-4-7-15(14(13)2)20-16(22)12-21(3)17(23)9-10-19-27(24,25)18-8-5-11-26-18/h4-8,11,19H,9-10,12H2,1-3H3,(H,20,22). The number of rotatable bonds is 8. The highest BCUT2D eigenvalue weighted by Gasteiger charge is 2.17. The van der Waals surface area contributed by atoms with E-state index in [1.165, 1.54) is 18.0 Å². The molecule has 0 fully saturated rings. The van der Waals surface area contributed by atoms with Crippen molar-refractivity contribution in [2.75, 3.05) is 25.5 Å². The molecule has 0 aliphatic heterocycles. The van der Waals surface area contributed by atoms with E-state index in [1.807, 2.05) is 26.0 Å². The number of hydrogen-bond acceptors (Lipinski definition) is 5. The molecular weight excluding hydrogens is 386 g/mol. The van der Waals surface area contributed by atoms with Gasteiger partial charge in [-0.25, -0.2) is 13.1 Å². The third-order valence-corrected chi connectivity index (χ3v) is 6.93. The Kier molecular flexibility index (Phi) is 7.11. The van der Waals surface area contributed by atoms with E-state index in [-0.39, 0.29) is 35.5 Å². The Labute approximate surface area is 163 Å². The van der Waals surface area contributed by atoms with Crippen LogP contribution in [0.25, 0.3) is 0 Å². The summed E-state index contributed by atoms with van der Waals surface area (Å²) in [6, 6.07) is 8.76. The van der Waals surface area contributed by atoms with Gasteiger partial charge in [0, 0.05) is 25.7 Å². The van der Waals surface area contributed by atoms with Gasteiger partial charge in [0.2, 0.25) is 21.8 Å². The first-order valence-corrected chi connectivity index (χ1v) is 10.7. The van der Waals surface area contributed by atoms with E-state index in [4.69, 9.17) is 0 Å². The molecule has 7 nitrogen and oxygen atoms in total. The van der Waals surface area contributed by atoms with E-state index in [0.717, 1.165) is 22.5 Å². The quantitative estimate of drug-likeness (QED) is 0.698. The van der Waals surface area contributed by atoms with Crippen LogP contribution in [-0.2, 0) is 19.6 Å². The molecule has 0 bridgehead atoms. The first kappa shape index (κ1) is 21.1. The van der Waals surface area contributed by atoms with Gasteiger partial charge < -0.3 is 10.2 Å². The molecule has 0 aliphatic carbocycles. The van der Waals surface area contributed by atoms with E-state index in [2.05, 4.69) is 10.0 Å². The van der Waals surface area contributed by atoms with Gasteiger partial charge in [-0.2, -0.15) is 0 Å². The Balaban J connectivity index is 1.81. The third-order valence-electron chi connectivity index (χ3n) is 4.08. The highest BCUT2D eigenvalue weighted by atomic mass is 32.2. The molecule has 2 N–H and O–H groups in total. The van der Waals surface area contributed by atoms with Crippen molar-refractivity contribution in [1.29, 1.82) is 0 Å². The second-order valence-electron chi connectivity index (χ2n) is 6.13. The second-order valence-corrected chi connectivity index (χ2v) is 9.07. The van der Waals surface area contributed by atoms with Crippen LogP contribution in [0.1, 0.15) is 17.5 Å². The number of carbonyl (C=O) groups excluding carboxylic acids is 2. The molecule has 0 aliphatic rings. The summed E-state index contributed by atoms with van der Waals surface area (Å²) in [5.41, 5.74) is 2.75. The van der Waals surface area contributed by atoms with Crippen molar-refractivity contribution < 1.29 is 18.0 Å². The van der Waals surface area contributed by atoms with E-state index >= 15 is 0 Å². The molecule has 1 heterocycles. The predicted octanol–water partition coefficient (Wildman–Crippen LogP) is 2.13. The topological polar surface area (TPSA) is 95.6 Å². The number of nitrogens with one attached hydrogen (secondary N) is 2. The molecule has 0 atom stereocenters. The largest absolute Gasteiger partial charge is 0.336 e. The van der Waals surface area contributed by atoms with Crippen LogP contribution in [0.15, 0.2) is 39.9 Å². The summed E-state index contributed by atoms with van der Waals surface area (Å²) in [5.74, 6) is -0.626. The highest BCUT2D eigenvalue weighted by Crippen LogP contribution is 2.18. The summed E-state index contributed by atoms with van der Waals surface area (Å²) in [6.45, 7) is 3.74. The number of amides is 2. The average Bonchev–Trinajstić information content (AvgIpc) is 3.14. The Hall–Kier alpha value is -2.23. The maximum absolute atomic E-state index is 12.2. The van der Waals surface area contributed by atoms with E-state index in [9.17, 15) is 18.0 Å². The molecule has 0 radical (unpaired) electrons. The van der Waals surface area contributed by atoms with E-state index in [1.54, 1.807) is 17.5 Å². The number of carbonyl (C=O) groups is 2. The van der Waals surface area contributed by atoms with Gasteiger partial charge in [0.05, 0.1) is 6.54 Å². The minimum atomic E-state index is -3.59. The fourth-order valence-electron chi connectivity index (χ4n) is 2.35. The van der Waals surface area contributed by atoms with Gasteiger partial charge in [0.25, 0.3) is 0 Å². The molecule has 146 valence electrons. The lowest BCUT2D eigenvalue weighted by Gasteiger charge is -2.18. The second kappa shape index (κ2) is 9.12. The average molecular weight is 410 g/mol. The van der Waals surface area contributed by atoms with Crippen molar-refractivity contribution in [3.8, 4) is 0 Å². The van der Waals surface area contributed by atoms with Crippen molar-refractivity contribution >= 4 is 38.9 Å². The molecule has 9 heteroatoms. The van der Waals surface area contributed by atoms with Gasteiger partial charge in [-0.3, -0.25) is 9.59 Å². The first-order valence-electron chi connectivity index (χ1n) is 8.34. The van der Waals surface area contributed by atoms with Gasteiger partial charge in [-0.15, -0.1) is 11.3 Å². The molecule has 0 saturated heterocycles. The Morgan fingerprint density at radius 1 is 1.15 bits per heavy atom. The van der Waals surface area contributed by atoms with Crippen LogP contribution >= 0.6 is 11.3 Å². The molecule has 1 aromatic heterocycles. The maximum atomic E-state index is 12.2. The summed E-state index contributed by atoms with van der Waals surface area (Å²) in [4.78, 5) is 25.6.